The highest BCUT2D eigenvalue weighted by atomic mass is 16.5. The second-order valence-electron chi connectivity index (χ2n) is 7.14. The maximum absolute atomic E-state index is 12.5. The highest BCUT2D eigenvalue weighted by molar-refractivity contribution is 5.79. The van der Waals surface area contributed by atoms with E-state index in [9.17, 15) is 14.4 Å². The lowest BCUT2D eigenvalue weighted by Gasteiger charge is -2.40. The molecule has 1 amide bonds. The molecule has 1 aromatic heterocycles. The summed E-state index contributed by atoms with van der Waals surface area (Å²) in [6.45, 7) is 0. The van der Waals surface area contributed by atoms with Gasteiger partial charge in [0.15, 0.2) is 0 Å². The molecule has 136 valence electrons. The highest BCUT2D eigenvalue weighted by Crippen LogP contribution is 2.46. The Morgan fingerprint density at radius 2 is 1.96 bits per heavy atom. The number of carbonyl (C=O) groups is 1. The van der Waals surface area contributed by atoms with Crippen molar-refractivity contribution in [2.24, 2.45) is 0 Å². The van der Waals surface area contributed by atoms with E-state index >= 15 is 0 Å². The molecule has 1 fully saturated rings. The van der Waals surface area contributed by atoms with Crippen molar-refractivity contribution in [3.05, 3.63) is 62.2 Å². The molecule has 3 N–H and O–H groups in total. The van der Waals surface area contributed by atoms with Gasteiger partial charge < -0.3 is 10.1 Å². The first-order valence-corrected chi connectivity index (χ1v) is 8.93. The van der Waals surface area contributed by atoms with E-state index in [-0.39, 0.29) is 29.5 Å². The Hall–Kier alpha value is -2.83. The highest BCUT2D eigenvalue weighted by Gasteiger charge is 2.43. The van der Waals surface area contributed by atoms with Gasteiger partial charge in [0.05, 0.1) is 12.5 Å². The van der Waals surface area contributed by atoms with Crippen LogP contribution in [-0.4, -0.2) is 21.7 Å². The Morgan fingerprint density at radius 1 is 1.19 bits per heavy atom. The SMILES string of the molecule is O=C(Cc1cc(=O)[nH][nH]c1=O)N[C@@H]1CC2(CCCC2)Oc2ccccc21. The lowest BCUT2D eigenvalue weighted by Crippen LogP contribution is -2.44. The van der Waals surface area contributed by atoms with Crippen LogP contribution >= 0.6 is 0 Å². The van der Waals surface area contributed by atoms with Crippen molar-refractivity contribution in [3.8, 4) is 5.75 Å². The van der Waals surface area contributed by atoms with E-state index < -0.39 is 11.1 Å². The van der Waals surface area contributed by atoms with Gasteiger partial charge in [0.2, 0.25) is 5.91 Å². The molecule has 4 rings (SSSR count). The van der Waals surface area contributed by atoms with Crippen LogP contribution in [0.25, 0.3) is 0 Å². The number of hydrogen-bond donors (Lipinski definition) is 3. The second-order valence-corrected chi connectivity index (χ2v) is 7.14. The second kappa shape index (κ2) is 6.48. The first-order valence-electron chi connectivity index (χ1n) is 8.93. The maximum Gasteiger partial charge on any atom is 0.266 e. The summed E-state index contributed by atoms with van der Waals surface area (Å²) in [4.78, 5) is 35.7. The first kappa shape index (κ1) is 16.6. The van der Waals surface area contributed by atoms with Crippen LogP contribution in [0, 0.1) is 0 Å². The summed E-state index contributed by atoms with van der Waals surface area (Å²) >= 11 is 0. The molecule has 0 saturated heterocycles. The molecule has 1 atom stereocenters. The van der Waals surface area contributed by atoms with E-state index in [1.165, 1.54) is 0 Å². The molecule has 2 aromatic rings. The maximum atomic E-state index is 12.5. The molecule has 2 heterocycles. The lowest BCUT2D eigenvalue weighted by molar-refractivity contribution is -0.121. The zero-order valence-corrected chi connectivity index (χ0v) is 14.3. The fourth-order valence-electron chi connectivity index (χ4n) is 4.08. The predicted octanol–water partition coefficient (Wildman–Crippen LogP) is 1.56. The van der Waals surface area contributed by atoms with Crippen LogP contribution in [0.2, 0.25) is 0 Å². The van der Waals surface area contributed by atoms with Crippen LogP contribution in [0.1, 0.15) is 49.3 Å². The topological polar surface area (TPSA) is 104 Å². The molecular weight excluding hydrogens is 334 g/mol. The Balaban J connectivity index is 1.56. The number of nitrogens with one attached hydrogen (secondary N) is 3. The van der Waals surface area contributed by atoms with Crippen molar-refractivity contribution in [2.75, 3.05) is 0 Å². The predicted molar refractivity (Wildman–Crippen MR) is 95.2 cm³/mol. The third kappa shape index (κ3) is 3.16. The van der Waals surface area contributed by atoms with Gasteiger partial charge in [-0.1, -0.05) is 18.2 Å². The van der Waals surface area contributed by atoms with E-state index in [0.717, 1.165) is 49.5 Å². The average Bonchev–Trinajstić information content (AvgIpc) is 3.05. The van der Waals surface area contributed by atoms with Crippen molar-refractivity contribution >= 4 is 5.91 Å². The number of para-hydroxylation sites is 1. The normalized spacial score (nSPS) is 20.4. The van der Waals surface area contributed by atoms with Gasteiger partial charge in [-0.05, 0) is 31.7 Å². The molecular formula is C19H21N3O4. The average molecular weight is 355 g/mol. The van der Waals surface area contributed by atoms with E-state index in [0.29, 0.717) is 0 Å². The van der Waals surface area contributed by atoms with Crippen LogP contribution in [0.3, 0.4) is 0 Å². The summed E-state index contributed by atoms with van der Waals surface area (Å²) in [5, 5.41) is 7.48. The fraction of sp³-hybridized carbons (Fsp3) is 0.421. The number of fused-ring (bicyclic) bond motifs is 1. The number of aromatic amines is 2. The van der Waals surface area contributed by atoms with E-state index in [1.807, 2.05) is 24.3 Å². The van der Waals surface area contributed by atoms with Crippen molar-refractivity contribution in [2.45, 2.75) is 50.2 Å². The van der Waals surface area contributed by atoms with Gasteiger partial charge >= 0.3 is 0 Å². The Kier molecular flexibility index (Phi) is 4.14. The summed E-state index contributed by atoms with van der Waals surface area (Å²) in [5.74, 6) is 0.538. The van der Waals surface area contributed by atoms with Gasteiger partial charge in [0.25, 0.3) is 11.1 Å². The van der Waals surface area contributed by atoms with Crippen molar-refractivity contribution in [3.63, 3.8) is 0 Å². The minimum atomic E-state index is -0.459. The number of ether oxygens (including phenoxy) is 1. The van der Waals surface area contributed by atoms with E-state index in [2.05, 4.69) is 15.5 Å². The first-order chi connectivity index (χ1) is 12.5. The van der Waals surface area contributed by atoms with Gasteiger partial charge in [0, 0.05) is 23.6 Å². The van der Waals surface area contributed by atoms with Gasteiger partial charge in [-0.2, -0.15) is 0 Å². The quantitative estimate of drug-likeness (QED) is 0.777. The molecule has 0 unspecified atom stereocenters. The molecule has 7 nitrogen and oxygen atoms in total. The van der Waals surface area contributed by atoms with Gasteiger partial charge in [-0.3, -0.25) is 24.6 Å². The number of rotatable bonds is 3. The zero-order valence-electron chi connectivity index (χ0n) is 14.3. The molecule has 0 radical (unpaired) electrons. The van der Waals surface area contributed by atoms with E-state index in [4.69, 9.17) is 4.74 Å². The number of benzene rings is 1. The molecule has 1 spiro atoms. The number of amides is 1. The summed E-state index contributed by atoms with van der Waals surface area (Å²) in [6, 6.07) is 8.76. The molecule has 1 aliphatic carbocycles. The third-order valence-electron chi connectivity index (χ3n) is 5.29. The van der Waals surface area contributed by atoms with Crippen LogP contribution in [-0.2, 0) is 11.2 Å². The molecule has 26 heavy (non-hydrogen) atoms. The Labute approximate surface area is 149 Å². The summed E-state index contributed by atoms with van der Waals surface area (Å²) in [5.41, 5.74) is 0.00157. The smallest absolute Gasteiger partial charge is 0.266 e. The van der Waals surface area contributed by atoms with Crippen molar-refractivity contribution in [1.82, 2.24) is 15.5 Å². The van der Waals surface area contributed by atoms with Crippen LogP contribution < -0.4 is 21.2 Å². The van der Waals surface area contributed by atoms with Gasteiger partial charge in [0.1, 0.15) is 11.4 Å². The van der Waals surface area contributed by atoms with Crippen molar-refractivity contribution < 1.29 is 9.53 Å². The minimum Gasteiger partial charge on any atom is -0.487 e. The summed E-state index contributed by atoms with van der Waals surface area (Å²) in [6.07, 6.45) is 4.83. The van der Waals surface area contributed by atoms with E-state index in [1.54, 1.807) is 0 Å². The Morgan fingerprint density at radius 3 is 2.77 bits per heavy atom. The van der Waals surface area contributed by atoms with Crippen LogP contribution in [0.4, 0.5) is 0 Å². The third-order valence-corrected chi connectivity index (χ3v) is 5.29. The van der Waals surface area contributed by atoms with Crippen molar-refractivity contribution in [1.29, 1.82) is 0 Å². The monoisotopic (exact) mass is 355 g/mol. The lowest BCUT2D eigenvalue weighted by atomic mass is 9.86. The molecule has 0 bridgehead atoms. The molecule has 1 aliphatic heterocycles. The molecule has 1 aromatic carbocycles. The summed E-state index contributed by atoms with van der Waals surface area (Å²) in [7, 11) is 0. The number of H-pyrrole nitrogens is 2. The number of aromatic nitrogens is 2. The fourth-order valence-corrected chi connectivity index (χ4v) is 4.08. The zero-order chi connectivity index (χ0) is 18.1. The van der Waals surface area contributed by atoms with Crippen LogP contribution in [0.15, 0.2) is 39.9 Å². The Bertz CT molecular complexity index is 940. The molecule has 7 heteroatoms. The largest absolute Gasteiger partial charge is 0.487 e. The van der Waals surface area contributed by atoms with Gasteiger partial charge in [-0.15, -0.1) is 0 Å². The number of hydrogen-bond acceptors (Lipinski definition) is 4. The molecule has 1 saturated carbocycles. The standard InChI is InChI=1S/C19H21N3O4/c23-16(9-12-10-17(24)21-22-18(12)25)20-14-11-19(7-3-4-8-19)26-15-6-2-1-5-13(14)15/h1-2,5-6,10,14H,3-4,7-9,11H2,(H,20,23)(H,21,24)(H,22,25)/t14-/m1/s1. The minimum absolute atomic E-state index is 0.133. The van der Waals surface area contributed by atoms with Gasteiger partial charge in [-0.25, -0.2) is 0 Å². The summed E-state index contributed by atoms with van der Waals surface area (Å²) < 4.78 is 6.29. The number of carbonyl (C=O) groups excluding carboxylic acids is 1. The molecule has 2 aliphatic rings. The van der Waals surface area contributed by atoms with Crippen LogP contribution in [0.5, 0.6) is 5.75 Å².